The Bertz CT molecular complexity index is 463. The summed E-state index contributed by atoms with van der Waals surface area (Å²) in [5, 5.41) is 0. The van der Waals surface area contributed by atoms with Crippen LogP contribution in [0.2, 0.25) is 0 Å². The van der Waals surface area contributed by atoms with Crippen molar-refractivity contribution < 1.29 is 19.1 Å². The van der Waals surface area contributed by atoms with Crippen LogP contribution in [0.3, 0.4) is 0 Å². The smallest absolute Gasteiger partial charge is 0.312 e. The highest BCUT2D eigenvalue weighted by Crippen LogP contribution is 2.74. The zero-order valence-electron chi connectivity index (χ0n) is 18.5. The largest absolute Gasteiger partial charge is 0.465 e. The maximum Gasteiger partial charge on any atom is 0.312 e. The number of carbonyl (C=O) groups is 2. The summed E-state index contributed by atoms with van der Waals surface area (Å²) >= 11 is 0. The number of hydrogen-bond donors (Lipinski definition) is 0. The fourth-order valence-electron chi connectivity index (χ4n) is 5.54. The summed E-state index contributed by atoms with van der Waals surface area (Å²) in [5.74, 6) is -0.143. The Labute approximate surface area is 177 Å². The molecule has 2 bridgehead atoms. The lowest BCUT2D eigenvalue weighted by molar-refractivity contribution is -0.237. The Morgan fingerprint density at radius 3 is 0.931 bits per heavy atom. The molecule has 3 saturated heterocycles. The van der Waals surface area contributed by atoms with Crippen molar-refractivity contribution >= 4 is 11.9 Å². The first-order valence-electron chi connectivity index (χ1n) is 12.5. The summed E-state index contributed by atoms with van der Waals surface area (Å²) < 4.78 is 11.0. The van der Waals surface area contributed by atoms with Gasteiger partial charge >= 0.3 is 11.9 Å². The quantitative estimate of drug-likeness (QED) is 0.431. The second-order valence-corrected chi connectivity index (χ2v) is 10.0. The van der Waals surface area contributed by atoms with Crippen LogP contribution in [0.25, 0.3) is 0 Å². The summed E-state index contributed by atoms with van der Waals surface area (Å²) in [7, 11) is 0. The molecule has 0 aromatic heterocycles. The lowest BCUT2D eigenvalue weighted by Gasteiger charge is -2.66. The van der Waals surface area contributed by atoms with Gasteiger partial charge in [0.2, 0.25) is 0 Å². The molecule has 4 nitrogen and oxygen atoms in total. The van der Waals surface area contributed by atoms with Crippen LogP contribution in [-0.4, -0.2) is 25.2 Å². The normalized spacial score (nSPS) is 34.3. The number of ether oxygens (including phenoxy) is 2. The summed E-state index contributed by atoms with van der Waals surface area (Å²) in [4.78, 5) is 24.8. The first kappa shape index (κ1) is 22.6. The molecule has 3 saturated carbocycles. The molecule has 0 aromatic carbocycles. The van der Waals surface area contributed by atoms with Gasteiger partial charge in [-0.25, -0.2) is 0 Å². The highest BCUT2D eigenvalue weighted by molar-refractivity contribution is 5.91. The van der Waals surface area contributed by atoms with Crippen molar-refractivity contribution in [2.75, 3.05) is 13.2 Å². The van der Waals surface area contributed by atoms with Crippen molar-refractivity contribution in [3.63, 3.8) is 0 Å². The Morgan fingerprint density at radius 1 is 0.414 bits per heavy atom. The van der Waals surface area contributed by atoms with Gasteiger partial charge in [-0.15, -0.1) is 0 Å². The molecule has 0 amide bonds. The number of carbonyl (C=O) groups excluding carboxylic acids is 2. The Balaban J connectivity index is 1.35. The standard InChI is InChI=1S/C25H42O4/c26-22-24-19-25(20-24,21-24)23(27)29-18-16-14-12-10-8-6-4-2-1-3-5-7-9-11-13-15-17-28-22/h1-21H2. The molecule has 6 fully saturated rings. The molecule has 0 atom stereocenters. The predicted octanol–water partition coefficient (Wildman–Crippen LogP) is 6.50. The van der Waals surface area contributed by atoms with Crippen LogP contribution in [-0.2, 0) is 19.1 Å². The van der Waals surface area contributed by atoms with Gasteiger partial charge in [-0.3, -0.25) is 9.59 Å². The average molecular weight is 407 g/mol. The molecule has 3 aliphatic heterocycles. The van der Waals surface area contributed by atoms with E-state index < -0.39 is 0 Å². The van der Waals surface area contributed by atoms with Crippen LogP contribution in [0.4, 0.5) is 0 Å². The van der Waals surface area contributed by atoms with Gasteiger partial charge in [0, 0.05) is 0 Å². The van der Waals surface area contributed by atoms with Gasteiger partial charge in [-0.1, -0.05) is 89.9 Å². The first-order chi connectivity index (χ1) is 14.2. The van der Waals surface area contributed by atoms with Gasteiger partial charge in [0.05, 0.1) is 24.0 Å². The maximum atomic E-state index is 12.4. The van der Waals surface area contributed by atoms with Crippen LogP contribution in [0.5, 0.6) is 0 Å². The van der Waals surface area contributed by atoms with Crippen LogP contribution < -0.4 is 0 Å². The summed E-state index contributed by atoms with van der Waals surface area (Å²) in [5.41, 5.74) is -0.712. The van der Waals surface area contributed by atoms with Gasteiger partial charge in [0.1, 0.15) is 0 Å². The highest BCUT2D eigenvalue weighted by Gasteiger charge is 2.76. The Hall–Kier alpha value is -1.06. The molecule has 4 heteroatoms. The zero-order valence-corrected chi connectivity index (χ0v) is 18.5. The van der Waals surface area contributed by atoms with E-state index in [0.29, 0.717) is 32.5 Å². The van der Waals surface area contributed by atoms with Gasteiger partial charge in [-0.05, 0) is 32.1 Å². The van der Waals surface area contributed by atoms with Gasteiger partial charge in [0.25, 0.3) is 0 Å². The molecular formula is C25H42O4. The van der Waals surface area contributed by atoms with E-state index in [1.165, 1.54) is 77.0 Å². The fraction of sp³-hybridized carbons (Fsp3) is 0.920. The van der Waals surface area contributed by atoms with E-state index in [1.54, 1.807) is 0 Å². The van der Waals surface area contributed by atoms with Crippen LogP contribution in [0, 0.1) is 10.8 Å². The second-order valence-electron chi connectivity index (χ2n) is 10.0. The van der Waals surface area contributed by atoms with Crippen molar-refractivity contribution in [2.24, 2.45) is 10.8 Å². The average Bonchev–Trinajstić information content (AvgIpc) is 2.63. The van der Waals surface area contributed by atoms with E-state index in [1.807, 2.05) is 0 Å². The van der Waals surface area contributed by atoms with E-state index in [9.17, 15) is 9.59 Å². The lowest BCUT2D eigenvalue weighted by atomic mass is 9.35. The van der Waals surface area contributed by atoms with Gasteiger partial charge in [0.15, 0.2) is 0 Å². The minimum Gasteiger partial charge on any atom is -0.465 e. The van der Waals surface area contributed by atoms with E-state index in [4.69, 9.17) is 9.47 Å². The molecule has 0 spiro atoms. The molecule has 0 N–H and O–H groups in total. The maximum absolute atomic E-state index is 12.4. The van der Waals surface area contributed by atoms with Crippen molar-refractivity contribution in [3.05, 3.63) is 0 Å². The van der Waals surface area contributed by atoms with Crippen molar-refractivity contribution in [1.82, 2.24) is 0 Å². The molecule has 6 aliphatic rings. The van der Waals surface area contributed by atoms with E-state index in [0.717, 1.165) is 25.7 Å². The van der Waals surface area contributed by atoms with Gasteiger partial charge < -0.3 is 9.47 Å². The summed E-state index contributed by atoms with van der Waals surface area (Å²) in [6.07, 6.45) is 22.3. The topological polar surface area (TPSA) is 52.6 Å². The van der Waals surface area contributed by atoms with Gasteiger partial charge in [-0.2, -0.15) is 0 Å². The van der Waals surface area contributed by atoms with Crippen LogP contribution in [0.15, 0.2) is 0 Å². The summed E-state index contributed by atoms with van der Waals surface area (Å²) in [6, 6.07) is 0. The molecule has 0 aromatic rings. The lowest BCUT2D eigenvalue weighted by Crippen LogP contribution is -2.69. The number of hydrogen-bond acceptors (Lipinski definition) is 4. The van der Waals surface area contributed by atoms with E-state index >= 15 is 0 Å². The molecule has 166 valence electrons. The van der Waals surface area contributed by atoms with Crippen molar-refractivity contribution in [3.8, 4) is 0 Å². The molecule has 0 radical (unpaired) electrons. The number of rotatable bonds is 0. The minimum absolute atomic E-state index is 0.0716. The Morgan fingerprint density at radius 2 is 0.655 bits per heavy atom. The fourth-order valence-corrected chi connectivity index (χ4v) is 5.54. The number of esters is 2. The van der Waals surface area contributed by atoms with E-state index in [-0.39, 0.29) is 22.8 Å². The third kappa shape index (κ3) is 6.21. The SMILES string of the molecule is O=C1OCCCCCCCCCCCCCCCCCCOC(=O)C23CC1(C2)C3. The van der Waals surface area contributed by atoms with Crippen molar-refractivity contribution in [1.29, 1.82) is 0 Å². The molecule has 0 unspecified atom stereocenters. The zero-order chi connectivity index (χ0) is 20.4. The molecule has 3 heterocycles. The molecule has 29 heavy (non-hydrogen) atoms. The van der Waals surface area contributed by atoms with Crippen LogP contribution >= 0.6 is 0 Å². The van der Waals surface area contributed by atoms with Crippen LogP contribution in [0.1, 0.15) is 122 Å². The van der Waals surface area contributed by atoms with Crippen molar-refractivity contribution in [2.45, 2.75) is 122 Å². The monoisotopic (exact) mass is 406 g/mol. The van der Waals surface area contributed by atoms with E-state index in [2.05, 4.69) is 0 Å². The molecule has 3 aliphatic carbocycles. The second kappa shape index (κ2) is 11.4. The first-order valence-corrected chi connectivity index (χ1v) is 12.5. The third-order valence-electron chi connectivity index (χ3n) is 7.40. The highest BCUT2D eigenvalue weighted by atomic mass is 16.5. The Kier molecular flexibility index (Phi) is 8.86. The third-order valence-corrected chi connectivity index (χ3v) is 7.40. The molecular weight excluding hydrogens is 364 g/mol. The minimum atomic E-state index is -0.356. The summed E-state index contributed by atoms with van der Waals surface area (Å²) in [6.45, 7) is 1.08. The molecule has 6 rings (SSSR count). The predicted molar refractivity (Wildman–Crippen MR) is 115 cm³/mol.